The summed E-state index contributed by atoms with van der Waals surface area (Å²) in [4.78, 5) is 16.7. The number of rotatable bonds is 12. The first-order valence-corrected chi connectivity index (χ1v) is 14.8. The summed E-state index contributed by atoms with van der Waals surface area (Å²) in [6.07, 6.45) is 1.51. The molecule has 0 aliphatic rings. The number of pyridine rings is 1. The van der Waals surface area contributed by atoms with E-state index in [4.69, 9.17) is 18.9 Å². The number of benzene rings is 3. The van der Waals surface area contributed by atoms with Gasteiger partial charge in [0, 0.05) is 17.1 Å². The lowest BCUT2D eigenvalue weighted by atomic mass is 10.1. The van der Waals surface area contributed by atoms with E-state index >= 15 is 0 Å². The number of fused-ring (bicyclic) bond motifs is 1. The molecule has 0 aliphatic carbocycles. The molecule has 0 fully saturated rings. The molecule has 0 radical (unpaired) electrons. The molecule has 0 atom stereocenters. The van der Waals surface area contributed by atoms with Gasteiger partial charge < -0.3 is 18.9 Å². The lowest BCUT2D eigenvalue weighted by molar-refractivity contribution is -0.123. The summed E-state index contributed by atoms with van der Waals surface area (Å²) in [6, 6.07) is 20.2. The zero-order valence-corrected chi connectivity index (χ0v) is 27.0. The van der Waals surface area contributed by atoms with Crippen LogP contribution in [0, 0.1) is 21.8 Å². The highest BCUT2D eigenvalue weighted by molar-refractivity contribution is 14.1. The van der Waals surface area contributed by atoms with Crippen molar-refractivity contribution >= 4 is 61.4 Å². The number of nitrogens with one attached hydrogen (secondary N) is 1. The Morgan fingerprint density at radius 1 is 1.12 bits per heavy atom. The van der Waals surface area contributed by atoms with Crippen molar-refractivity contribution in [3.05, 3.63) is 90.6 Å². The van der Waals surface area contributed by atoms with E-state index in [9.17, 15) is 10.1 Å². The second-order valence-corrected chi connectivity index (χ2v) is 11.0. The molecule has 1 amide bonds. The fourth-order valence-corrected chi connectivity index (χ4v) is 5.29. The molecule has 0 aliphatic heterocycles. The topological polar surface area (TPSA) is 115 Å². The predicted octanol–water partition coefficient (Wildman–Crippen LogP) is 6.44. The van der Waals surface area contributed by atoms with Crippen LogP contribution in [0.5, 0.6) is 17.4 Å². The minimum Gasteiger partial charge on any atom is -0.490 e. The number of hydrogen-bond acceptors (Lipinski definition) is 8. The monoisotopic (exact) mass is 742 g/mol. The maximum Gasteiger partial charge on any atom is 0.278 e. The molecule has 1 heterocycles. The zero-order chi connectivity index (χ0) is 30.1. The molecule has 4 aromatic rings. The number of ether oxygens (including phenoxy) is 4. The molecule has 216 valence electrons. The third-order valence-corrected chi connectivity index (χ3v) is 7.89. The van der Waals surface area contributed by atoms with Gasteiger partial charge in [0.05, 0.1) is 28.7 Å². The number of methoxy groups -OCH3 is 1. The van der Waals surface area contributed by atoms with Crippen LogP contribution in [-0.2, 0) is 22.7 Å². The fraction of sp³-hybridized carbons (Fsp3) is 0.226. The number of hydrazone groups is 1. The Morgan fingerprint density at radius 3 is 2.64 bits per heavy atom. The molecule has 1 N–H and O–H groups in total. The number of aryl methyl sites for hydroxylation is 1. The Bertz CT molecular complexity index is 1670. The minimum atomic E-state index is -0.513. The molecule has 4 rings (SSSR count). The van der Waals surface area contributed by atoms with E-state index < -0.39 is 5.91 Å². The Balaban J connectivity index is 1.40. The number of amides is 1. The largest absolute Gasteiger partial charge is 0.490 e. The van der Waals surface area contributed by atoms with Crippen LogP contribution in [0.2, 0.25) is 0 Å². The molecule has 1 aromatic heterocycles. The second-order valence-electron chi connectivity index (χ2n) is 9.03. The highest BCUT2D eigenvalue weighted by Gasteiger charge is 2.18. The molecule has 11 heteroatoms. The van der Waals surface area contributed by atoms with Gasteiger partial charge in [-0.15, -0.1) is 0 Å². The Morgan fingerprint density at radius 2 is 1.90 bits per heavy atom. The van der Waals surface area contributed by atoms with Crippen LogP contribution < -0.4 is 19.6 Å². The smallest absolute Gasteiger partial charge is 0.278 e. The van der Waals surface area contributed by atoms with E-state index in [1.807, 2.05) is 25.1 Å². The van der Waals surface area contributed by atoms with E-state index in [1.165, 1.54) is 18.7 Å². The van der Waals surface area contributed by atoms with Crippen LogP contribution in [0.25, 0.3) is 10.8 Å². The van der Waals surface area contributed by atoms with Crippen LogP contribution in [-0.4, -0.2) is 37.4 Å². The molecule has 0 spiro atoms. The van der Waals surface area contributed by atoms with E-state index in [0.29, 0.717) is 46.0 Å². The zero-order valence-electron chi connectivity index (χ0n) is 23.2. The highest BCUT2D eigenvalue weighted by atomic mass is 127. The van der Waals surface area contributed by atoms with Gasteiger partial charge in [0.2, 0.25) is 5.88 Å². The molecule has 42 heavy (non-hydrogen) atoms. The van der Waals surface area contributed by atoms with Gasteiger partial charge in [0.1, 0.15) is 18.2 Å². The van der Waals surface area contributed by atoms with Gasteiger partial charge in [-0.05, 0) is 92.5 Å². The first-order chi connectivity index (χ1) is 20.3. The highest BCUT2D eigenvalue weighted by Crippen LogP contribution is 2.35. The SMILES string of the molecule is CCOc1cc(/C=N/NC(=O)COc2nc(C)c(Br)c(COC)c2C#N)cc(I)c1OCc1ccc2ccccc2c1. The van der Waals surface area contributed by atoms with E-state index in [-0.39, 0.29) is 24.7 Å². The summed E-state index contributed by atoms with van der Waals surface area (Å²) in [6.45, 7) is 4.32. The predicted molar refractivity (Wildman–Crippen MR) is 172 cm³/mol. The average Bonchev–Trinajstić information content (AvgIpc) is 2.98. The molecule has 0 bridgehead atoms. The van der Waals surface area contributed by atoms with Crippen LogP contribution in [0.3, 0.4) is 0 Å². The summed E-state index contributed by atoms with van der Waals surface area (Å²) in [7, 11) is 1.53. The van der Waals surface area contributed by atoms with Crippen LogP contribution in [0.15, 0.2) is 64.2 Å². The van der Waals surface area contributed by atoms with Crippen molar-refractivity contribution in [2.75, 3.05) is 20.3 Å². The molecule has 0 saturated heterocycles. The summed E-state index contributed by atoms with van der Waals surface area (Å²) in [5.74, 6) is 0.757. The Kier molecular flexibility index (Phi) is 11.1. The van der Waals surface area contributed by atoms with Crippen LogP contribution >= 0.6 is 38.5 Å². The summed E-state index contributed by atoms with van der Waals surface area (Å²) < 4.78 is 24.3. The lowest BCUT2D eigenvalue weighted by Crippen LogP contribution is -2.25. The van der Waals surface area contributed by atoms with Crippen molar-refractivity contribution in [3.63, 3.8) is 0 Å². The molecule has 9 nitrogen and oxygen atoms in total. The molecule has 3 aromatic carbocycles. The van der Waals surface area contributed by atoms with Crippen molar-refractivity contribution in [2.24, 2.45) is 5.10 Å². The van der Waals surface area contributed by atoms with Gasteiger partial charge in [-0.1, -0.05) is 36.4 Å². The number of aromatic nitrogens is 1. The van der Waals surface area contributed by atoms with Crippen LogP contribution in [0.1, 0.15) is 34.9 Å². The van der Waals surface area contributed by atoms with Gasteiger partial charge in [-0.3, -0.25) is 4.79 Å². The van der Waals surface area contributed by atoms with Crippen molar-refractivity contribution in [1.82, 2.24) is 10.4 Å². The number of nitriles is 1. The average molecular weight is 743 g/mol. The molecule has 0 saturated carbocycles. The summed E-state index contributed by atoms with van der Waals surface area (Å²) in [5.41, 5.74) is 5.61. The third-order valence-electron chi connectivity index (χ3n) is 6.04. The van der Waals surface area contributed by atoms with Crippen molar-refractivity contribution < 1.29 is 23.7 Å². The van der Waals surface area contributed by atoms with Crippen molar-refractivity contribution in [3.8, 4) is 23.4 Å². The Hall–Kier alpha value is -3.73. The molecule has 0 unspecified atom stereocenters. The van der Waals surface area contributed by atoms with E-state index in [2.05, 4.69) is 90.4 Å². The first-order valence-electron chi connectivity index (χ1n) is 12.9. The number of carbonyl (C=O) groups is 1. The normalized spacial score (nSPS) is 11.0. The first kappa shape index (κ1) is 31.2. The fourth-order valence-electron chi connectivity index (χ4n) is 4.11. The second kappa shape index (κ2) is 14.9. The van der Waals surface area contributed by atoms with Crippen LogP contribution in [0.4, 0.5) is 0 Å². The van der Waals surface area contributed by atoms with Crippen molar-refractivity contribution in [1.29, 1.82) is 5.26 Å². The van der Waals surface area contributed by atoms with Gasteiger partial charge in [-0.2, -0.15) is 10.4 Å². The quantitative estimate of drug-likeness (QED) is 0.101. The number of nitrogens with zero attached hydrogens (tertiary/aromatic N) is 3. The Labute approximate surface area is 266 Å². The molecular weight excluding hydrogens is 715 g/mol. The number of carbonyl (C=O) groups excluding carboxylic acids is 1. The van der Waals surface area contributed by atoms with Gasteiger partial charge in [-0.25, -0.2) is 10.4 Å². The van der Waals surface area contributed by atoms with Gasteiger partial charge in [0.25, 0.3) is 5.91 Å². The number of hydrogen-bond donors (Lipinski definition) is 1. The van der Waals surface area contributed by atoms with E-state index in [1.54, 1.807) is 13.0 Å². The maximum absolute atomic E-state index is 12.4. The summed E-state index contributed by atoms with van der Waals surface area (Å²) in [5, 5.41) is 16.0. The van der Waals surface area contributed by atoms with Gasteiger partial charge >= 0.3 is 0 Å². The third kappa shape index (κ3) is 7.76. The number of halogens is 2. The minimum absolute atomic E-state index is 0.0552. The summed E-state index contributed by atoms with van der Waals surface area (Å²) >= 11 is 5.62. The van der Waals surface area contributed by atoms with E-state index in [0.717, 1.165) is 14.5 Å². The maximum atomic E-state index is 12.4. The molecular formula is C31H28BrIN4O5. The van der Waals surface area contributed by atoms with Gasteiger partial charge in [0.15, 0.2) is 18.1 Å². The lowest BCUT2D eigenvalue weighted by Gasteiger charge is -2.15. The van der Waals surface area contributed by atoms with Crippen molar-refractivity contribution in [2.45, 2.75) is 27.1 Å². The standard InChI is InChI=1S/C31H28BrIN4O5/c1-4-40-27-13-21(12-26(33)30(27)41-16-20-9-10-22-7-5-6-8-23(22)11-20)15-35-37-28(38)18-42-31-24(14-34)25(17-39-3)29(32)19(2)36-31/h5-13,15H,4,16-18H2,1-3H3,(H,37,38)/b35-15+.